The Labute approximate surface area is 235 Å². The number of hydrogen-bond acceptors (Lipinski definition) is 4. The molecule has 0 atom stereocenters. The second-order valence-corrected chi connectivity index (χ2v) is 8.91. The van der Waals surface area contributed by atoms with Crippen molar-refractivity contribution in [3.8, 4) is 17.2 Å². The van der Waals surface area contributed by atoms with Crippen LogP contribution in [0.15, 0.2) is 103 Å². The highest BCUT2D eigenvalue weighted by Gasteiger charge is 2.30. The average Bonchev–Trinajstić information content (AvgIpc) is 2.98. The van der Waals surface area contributed by atoms with E-state index in [2.05, 4.69) is 10.6 Å². The number of anilines is 2. The third-order valence-electron chi connectivity index (χ3n) is 6.01. The van der Waals surface area contributed by atoms with Crippen LogP contribution in [-0.4, -0.2) is 32.1 Å². The number of methoxy groups -OCH3 is 1. The lowest BCUT2D eigenvalue weighted by Gasteiger charge is -2.24. The van der Waals surface area contributed by atoms with Gasteiger partial charge >= 0.3 is 12.2 Å². The van der Waals surface area contributed by atoms with Crippen LogP contribution in [0.1, 0.15) is 22.3 Å². The second-order valence-electron chi connectivity index (χ2n) is 8.91. The Hall–Kier alpha value is -4.99. The minimum atomic E-state index is -4.55. The van der Waals surface area contributed by atoms with Crippen molar-refractivity contribution < 1.29 is 32.2 Å². The van der Waals surface area contributed by atoms with Gasteiger partial charge in [0.05, 0.1) is 12.7 Å². The van der Waals surface area contributed by atoms with Crippen LogP contribution >= 0.6 is 0 Å². The first-order valence-electron chi connectivity index (χ1n) is 12.7. The summed E-state index contributed by atoms with van der Waals surface area (Å²) in [5, 5.41) is 5.47. The number of urea groups is 1. The smallest absolute Gasteiger partial charge is 0.416 e. The summed E-state index contributed by atoms with van der Waals surface area (Å²) in [5.74, 6) is 1.27. The number of nitrogens with one attached hydrogen (secondary N) is 2. The first-order valence-corrected chi connectivity index (χ1v) is 12.7. The van der Waals surface area contributed by atoms with Gasteiger partial charge in [-0.1, -0.05) is 24.3 Å². The molecule has 0 aliphatic carbocycles. The van der Waals surface area contributed by atoms with E-state index in [1.807, 2.05) is 30.3 Å². The fourth-order valence-corrected chi connectivity index (χ4v) is 3.91. The molecule has 0 radical (unpaired) electrons. The topological polar surface area (TPSA) is 79.9 Å². The van der Waals surface area contributed by atoms with Gasteiger partial charge < -0.3 is 20.1 Å². The van der Waals surface area contributed by atoms with Gasteiger partial charge in [0, 0.05) is 30.0 Å². The van der Waals surface area contributed by atoms with Gasteiger partial charge in [0.2, 0.25) is 0 Å². The van der Waals surface area contributed by atoms with E-state index in [1.54, 1.807) is 55.6 Å². The highest BCUT2D eigenvalue weighted by Crippen LogP contribution is 2.29. The zero-order chi connectivity index (χ0) is 29.2. The summed E-state index contributed by atoms with van der Waals surface area (Å²) in [7, 11) is 1.55. The number of carbonyl (C=O) groups is 2. The van der Waals surface area contributed by atoms with Gasteiger partial charge in [0.25, 0.3) is 5.91 Å². The molecular weight excluding hydrogens is 535 g/mol. The van der Waals surface area contributed by atoms with E-state index >= 15 is 0 Å². The third kappa shape index (κ3) is 8.25. The second kappa shape index (κ2) is 13.4. The van der Waals surface area contributed by atoms with Crippen molar-refractivity contribution in [2.75, 3.05) is 30.4 Å². The van der Waals surface area contributed by atoms with Gasteiger partial charge in [-0.25, -0.2) is 4.79 Å². The minimum absolute atomic E-state index is 0.0945. The lowest BCUT2D eigenvalue weighted by molar-refractivity contribution is -0.137. The van der Waals surface area contributed by atoms with Crippen molar-refractivity contribution in [1.29, 1.82) is 0 Å². The van der Waals surface area contributed by atoms with E-state index in [4.69, 9.17) is 9.47 Å². The number of rotatable bonds is 10. The molecule has 4 rings (SSSR count). The molecular formula is C31H28F3N3O4. The predicted molar refractivity (Wildman–Crippen MR) is 151 cm³/mol. The normalized spacial score (nSPS) is 10.9. The summed E-state index contributed by atoms with van der Waals surface area (Å²) < 4.78 is 50.0. The fraction of sp³-hybridized carbons (Fsp3) is 0.161. The summed E-state index contributed by atoms with van der Waals surface area (Å²) in [6, 6.07) is 26.9. The first kappa shape index (κ1) is 29.0. The SMILES string of the molecule is COc1ccc(NC(=O)N(CCCNC(=O)c2cccc(C(F)(F)F)c2)c2ccc(Oc3ccccc3)cc2)cc1. The van der Waals surface area contributed by atoms with Gasteiger partial charge in [0.1, 0.15) is 17.2 Å². The Morgan fingerprint density at radius 1 is 0.805 bits per heavy atom. The van der Waals surface area contributed by atoms with Crippen molar-refractivity contribution in [2.24, 2.45) is 0 Å². The summed E-state index contributed by atoms with van der Waals surface area (Å²) >= 11 is 0. The van der Waals surface area contributed by atoms with E-state index in [1.165, 1.54) is 17.0 Å². The molecule has 41 heavy (non-hydrogen) atoms. The molecule has 0 aliphatic heterocycles. The summed E-state index contributed by atoms with van der Waals surface area (Å²) in [4.78, 5) is 27.2. The minimum Gasteiger partial charge on any atom is -0.497 e. The summed E-state index contributed by atoms with van der Waals surface area (Å²) in [5.41, 5.74) is 0.150. The van der Waals surface area contributed by atoms with Crippen LogP contribution in [0.25, 0.3) is 0 Å². The summed E-state index contributed by atoms with van der Waals surface area (Å²) in [6.45, 7) is 0.348. The molecule has 0 aromatic heterocycles. The average molecular weight is 564 g/mol. The molecule has 0 saturated carbocycles. The van der Waals surface area contributed by atoms with Crippen molar-refractivity contribution in [1.82, 2.24) is 5.32 Å². The van der Waals surface area contributed by atoms with E-state index in [0.717, 1.165) is 12.1 Å². The van der Waals surface area contributed by atoms with Crippen LogP contribution in [0, 0.1) is 0 Å². The molecule has 7 nitrogen and oxygen atoms in total. The van der Waals surface area contributed by atoms with E-state index < -0.39 is 23.7 Å². The molecule has 0 bridgehead atoms. The molecule has 2 N–H and O–H groups in total. The number of para-hydroxylation sites is 1. The number of carbonyl (C=O) groups excluding carboxylic acids is 2. The molecule has 0 fully saturated rings. The number of nitrogens with zero attached hydrogens (tertiary/aromatic N) is 1. The van der Waals surface area contributed by atoms with Crippen molar-refractivity contribution in [3.63, 3.8) is 0 Å². The molecule has 4 aromatic carbocycles. The number of ether oxygens (including phenoxy) is 2. The van der Waals surface area contributed by atoms with Gasteiger partial charge in [-0.15, -0.1) is 0 Å². The van der Waals surface area contributed by atoms with E-state index in [9.17, 15) is 22.8 Å². The van der Waals surface area contributed by atoms with Crippen LogP contribution in [0.2, 0.25) is 0 Å². The molecule has 4 aromatic rings. The number of halogens is 3. The quantitative estimate of drug-likeness (QED) is 0.198. The predicted octanol–water partition coefficient (Wildman–Crippen LogP) is 7.36. The zero-order valence-electron chi connectivity index (χ0n) is 22.2. The molecule has 0 heterocycles. The Kier molecular flexibility index (Phi) is 9.47. The maximum Gasteiger partial charge on any atom is 0.416 e. The lowest BCUT2D eigenvalue weighted by Crippen LogP contribution is -2.37. The van der Waals surface area contributed by atoms with E-state index in [0.29, 0.717) is 35.0 Å². The summed E-state index contributed by atoms with van der Waals surface area (Å²) in [6.07, 6.45) is -4.21. The highest BCUT2D eigenvalue weighted by atomic mass is 19.4. The fourth-order valence-electron chi connectivity index (χ4n) is 3.91. The van der Waals surface area contributed by atoms with Crippen LogP contribution < -0.4 is 25.0 Å². The lowest BCUT2D eigenvalue weighted by atomic mass is 10.1. The number of benzene rings is 4. The zero-order valence-corrected chi connectivity index (χ0v) is 22.2. The Morgan fingerprint density at radius 3 is 2.12 bits per heavy atom. The van der Waals surface area contributed by atoms with E-state index in [-0.39, 0.29) is 18.7 Å². The standard InChI is InChI=1S/C31H28F3N3O4/c1-40-26-15-11-24(12-16-26)36-30(39)37(25-13-17-28(18-14-25)41-27-9-3-2-4-10-27)20-6-19-35-29(38)22-7-5-8-23(21-22)31(32,33)34/h2-5,7-18,21H,6,19-20H2,1H3,(H,35,38)(H,36,39). The third-order valence-corrected chi connectivity index (χ3v) is 6.01. The van der Waals surface area contributed by atoms with Crippen LogP contribution in [0.3, 0.4) is 0 Å². The maximum atomic E-state index is 13.3. The highest BCUT2D eigenvalue weighted by molar-refractivity contribution is 6.01. The Balaban J connectivity index is 1.42. The van der Waals surface area contributed by atoms with Crippen molar-refractivity contribution >= 4 is 23.3 Å². The molecule has 3 amide bonds. The van der Waals surface area contributed by atoms with Crippen LogP contribution in [-0.2, 0) is 6.18 Å². The molecule has 0 unspecified atom stereocenters. The molecule has 212 valence electrons. The Morgan fingerprint density at radius 2 is 1.46 bits per heavy atom. The number of amides is 3. The Bertz CT molecular complexity index is 1440. The molecule has 0 saturated heterocycles. The number of hydrogen-bond donors (Lipinski definition) is 2. The number of alkyl halides is 3. The molecule has 10 heteroatoms. The molecule has 0 spiro atoms. The monoisotopic (exact) mass is 563 g/mol. The van der Waals surface area contributed by atoms with Gasteiger partial charge in [0.15, 0.2) is 0 Å². The maximum absolute atomic E-state index is 13.3. The van der Waals surface area contributed by atoms with Crippen LogP contribution in [0.4, 0.5) is 29.3 Å². The van der Waals surface area contributed by atoms with Gasteiger partial charge in [-0.05, 0) is 85.3 Å². The van der Waals surface area contributed by atoms with Gasteiger partial charge in [-0.3, -0.25) is 9.69 Å². The van der Waals surface area contributed by atoms with Crippen molar-refractivity contribution in [2.45, 2.75) is 12.6 Å². The van der Waals surface area contributed by atoms with Gasteiger partial charge in [-0.2, -0.15) is 13.2 Å². The molecule has 0 aliphatic rings. The van der Waals surface area contributed by atoms with Crippen molar-refractivity contribution in [3.05, 3.63) is 114 Å². The largest absolute Gasteiger partial charge is 0.497 e. The van der Waals surface area contributed by atoms with Crippen LogP contribution in [0.5, 0.6) is 17.2 Å². The first-order chi connectivity index (χ1) is 19.7.